The van der Waals surface area contributed by atoms with Crippen LogP contribution in [0.4, 0.5) is 5.69 Å². The first-order valence-electron chi connectivity index (χ1n) is 7.96. The van der Waals surface area contributed by atoms with Gasteiger partial charge in [-0.15, -0.1) is 11.8 Å². The van der Waals surface area contributed by atoms with Gasteiger partial charge in [0, 0.05) is 17.6 Å². The molecule has 0 saturated heterocycles. The fraction of sp³-hybridized carbons (Fsp3) is 0.263. The van der Waals surface area contributed by atoms with Crippen LogP contribution in [0, 0.1) is 0 Å². The SMILES string of the molecule is COc1ccc(NC(=O)CN(C)C(=O)CSc2ccc(OC)cc2)cc1. The predicted octanol–water partition coefficient (Wildman–Crippen LogP) is 2.89. The average Bonchev–Trinajstić information content (AvgIpc) is 2.66. The molecule has 0 aliphatic rings. The van der Waals surface area contributed by atoms with Crippen molar-refractivity contribution in [3.63, 3.8) is 0 Å². The number of methoxy groups -OCH3 is 2. The molecule has 0 saturated carbocycles. The largest absolute Gasteiger partial charge is 0.497 e. The number of nitrogens with zero attached hydrogens (tertiary/aromatic N) is 1. The van der Waals surface area contributed by atoms with E-state index in [0.29, 0.717) is 11.4 Å². The molecule has 0 spiro atoms. The van der Waals surface area contributed by atoms with Gasteiger partial charge in [-0.05, 0) is 48.5 Å². The lowest BCUT2D eigenvalue weighted by molar-refractivity contribution is -0.131. The van der Waals surface area contributed by atoms with E-state index in [4.69, 9.17) is 9.47 Å². The zero-order chi connectivity index (χ0) is 18.9. The Bertz CT molecular complexity index is 732. The average molecular weight is 374 g/mol. The van der Waals surface area contributed by atoms with Gasteiger partial charge in [-0.25, -0.2) is 0 Å². The molecular formula is C19H22N2O4S. The molecular weight excluding hydrogens is 352 g/mol. The molecule has 2 aromatic rings. The van der Waals surface area contributed by atoms with Gasteiger partial charge in [0.15, 0.2) is 0 Å². The molecule has 0 aliphatic heterocycles. The summed E-state index contributed by atoms with van der Waals surface area (Å²) >= 11 is 1.42. The van der Waals surface area contributed by atoms with Gasteiger partial charge in [0.2, 0.25) is 11.8 Å². The maximum Gasteiger partial charge on any atom is 0.243 e. The number of hydrogen-bond acceptors (Lipinski definition) is 5. The Hall–Kier alpha value is -2.67. The third kappa shape index (κ3) is 6.00. The first-order chi connectivity index (χ1) is 12.5. The number of amides is 2. The van der Waals surface area contributed by atoms with Crippen molar-refractivity contribution in [3.05, 3.63) is 48.5 Å². The van der Waals surface area contributed by atoms with Crippen LogP contribution in [0.2, 0.25) is 0 Å². The summed E-state index contributed by atoms with van der Waals surface area (Å²) in [4.78, 5) is 26.6. The lowest BCUT2D eigenvalue weighted by Crippen LogP contribution is -2.35. The van der Waals surface area contributed by atoms with Crippen molar-refractivity contribution < 1.29 is 19.1 Å². The van der Waals surface area contributed by atoms with Gasteiger partial charge in [0.1, 0.15) is 11.5 Å². The molecule has 0 fully saturated rings. The monoisotopic (exact) mass is 374 g/mol. The molecule has 138 valence electrons. The summed E-state index contributed by atoms with van der Waals surface area (Å²) in [5, 5.41) is 2.76. The zero-order valence-electron chi connectivity index (χ0n) is 15.0. The van der Waals surface area contributed by atoms with Gasteiger partial charge >= 0.3 is 0 Å². The smallest absolute Gasteiger partial charge is 0.243 e. The van der Waals surface area contributed by atoms with Gasteiger partial charge in [0.25, 0.3) is 0 Å². The second kappa shape index (κ2) is 9.72. The van der Waals surface area contributed by atoms with Crippen molar-refractivity contribution in [1.82, 2.24) is 4.90 Å². The Morgan fingerprint density at radius 1 is 0.962 bits per heavy atom. The Balaban J connectivity index is 1.78. The van der Waals surface area contributed by atoms with E-state index < -0.39 is 0 Å². The van der Waals surface area contributed by atoms with Crippen molar-refractivity contribution in [2.45, 2.75) is 4.90 Å². The number of nitrogens with one attached hydrogen (secondary N) is 1. The Kier molecular flexibility index (Phi) is 7.35. The fourth-order valence-electron chi connectivity index (χ4n) is 2.11. The van der Waals surface area contributed by atoms with Crippen LogP contribution in [-0.2, 0) is 9.59 Å². The molecule has 2 aromatic carbocycles. The van der Waals surface area contributed by atoms with E-state index in [2.05, 4.69) is 5.32 Å². The summed E-state index contributed by atoms with van der Waals surface area (Å²) in [5.41, 5.74) is 0.657. The lowest BCUT2D eigenvalue weighted by atomic mass is 10.3. The highest BCUT2D eigenvalue weighted by Gasteiger charge is 2.13. The number of likely N-dealkylation sites (N-methyl/N-ethyl adjacent to an activating group) is 1. The Morgan fingerprint density at radius 2 is 1.50 bits per heavy atom. The molecule has 2 rings (SSSR count). The lowest BCUT2D eigenvalue weighted by Gasteiger charge is -2.16. The molecule has 2 amide bonds. The van der Waals surface area contributed by atoms with Crippen LogP contribution in [0.5, 0.6) is 11.5 Å². The molecule has 0 unspecified atom stereocenters. The number of rotatable bonds is 8. The molecule has 1 N–H and O–H groups in total. The van der Waals surface area contributed by atoms with Crippen LogP contribution in [0.3, 0.4) is 0 Å². The summed E-state index contributed by atoms with van der Waals surface area (Å²) in [6.07, 6.45) is 0. The Labute approximate surface area is 157 Å². The highest BCUT2D eigenvalue weighted by atomic mass is 32.2. The number of ether oxygens (including phenoxy) is 2. The summed E-state index contributed by atoms with van der Waals surface area (Å²) in [7, 11) is 4.81. The van der Waals surface area contributed by atoms with Gasteiger partial charge in [-0.1, -0.05) is 0 Å². The fourth-order valence-corrected chi connectivity index (χ4v) is 2.94. The number of benzene rings is 2. The summed E-state index contributed by atoms with van der Waals surface area (Å²) in [5.74, 6) is 1.38. The Morgan fingerprint density at radius 3 is 2.04 bits per heavy atom. The minimum atomic E-state index is -0.250. The van der Waals surface area contributed by atoms with Crippen LogP contribution in [0.25, 0.3) is 0 Å². The molecule has 7 heteroatoms. The third-order valence-electron chi connectivity index (χ3n) is 3.60. The van der Waals surface area contributed by atoms with Crippen molar-refractivity contribution in [1.29, 1.82) is 0 Å². The molecule has 0 heterocycles. The number of carbonyl (C=O) groups is 2. The van der Waals surface area contributed by atoms with E-state index in [1.165, 1.54) is 16.7 Å². The third-order valence-corrected chi connectivity index (χ3v) is 4.60. The first kappa shape index (κ1) is 19.7. The van der Waals surface area contributed by atoms with Crippen LogP contribution >= 0.6 is 11.8 Å². The van der Waals surface area contributed by atoms with Gasteiger partial charge in [-0.2, -0.15) is 0 Å². The minimum absolute atomic E-state index is 0.00592. The number of hydrogen-bond donors (Lipinski definition) is 1. The van der Waals surface area contributed by atoms with Crippen LogP contribution in [-0.4, -0.2) is 50.3 Å². The molecule has 0 atom stereocenters. The summed E-state index contributed by atoms with van der Waals surface area (Å²) in [6.45, 7) is -0.00592. The summed E-state index contributed by atoms with van der Waals surface area (Å²) in [6, 6.07) is 14.5. The number of carbonyl (C=O) groups excluding carboxylic acids is 2. The van der Waals surface area contributed by atoms with Crippen LogP contribution in [0.15, 0.2) is 53.4 Å². The standard InChI is InChI=1S/C19H22N2O4S/c1-21(12-18(22)20-14-4-6-15(24-2)7-5-14)19(23)13-26-17-10-8-16(25-3)9-11-17/h4-11H,12-13H2,1-3H3,(H,20,22). The molecule has 0 aliphatic carbocycles. The van der Waals surface area contributed by atoms with Crippen molar-refractivity contribution in [2.24, 2.45) is 0 Å². The normalized spacial score (nSPS) is 10.1. The second-order valence-corrected chi connectivity index (χ2v) is 6.54. The maximum atomic E-state index is 12.2. The number of anilines is 1. The van der Waals surface area contributed by atoms with E-state index in [-0.39, 0.29) is 24.1 Å². The quantitative estimate of drug-likeness (QED) is 0.720. The van der Waals surface area contributed by atoms with Gasteiger partial charge < -0.3 is 19.7 Å². The van der Waals surface area contributed by atoms with Crippen LogP contribution in [0.1, 0.15) is 0 Å². The topological polar surface area (TPSA) is 67.9 Å². The van der Waals surface area contributed by atoms with Crippen molar-refractivity contribution >= 4 is 29.3 Å². The molecule has 0 bridgehead atoms. The molecule has 6 nitrogen and oxygen atoms in total. The highest BCUT2D eigenvalue weighted by Crippen LogP contribution is 2.21. The van der Waals surface area contributed by atoms with Crippen molar-refractivity contribution in [3.8, 4) is 11.5 Å². The molecule has 0 aromatic heterocycles. The maximum absolute atomic E-state index is 12.2. The van der Waals surface area contributed by atoms with E-state index in [1.807, 2.05) is 24.3 Å². The van der Waals surface area contributed by atoms with E-state index in [9.17, 15) is 9.59 Å². The molecule has 0 radical (unpaired) electrons. The van der Waals surface area contributed by atoms with Gasteiger partial charge in [-0.3, -0.25) is 9.59 Å². The van der Waals surface area contributed by atoms with Gasteiger partial charge in [0.05, 0.1) is 26.5 Å². The van der Waals surface area contributed by atoms with Crippen LogP contribution < -0.4 is 14.8 Å². The minimum Gasteiger partial charge on any atom is -0.497 e. The zero-order valence-corrected chi connectivity index (χ0v) is 15.8. The van der Waals surface area contributed by atoms with Crippen molar-refractivity contribution in [2.75, 3.05) is 38.9 Å². The van der Waals surface area contributed by atoms with E-state index >= 15 is 0 Å². The molecule has 26 heavy (non-hydrogen) atoms. The number of thioether (sulfide) groups is 1. The predicted molar refractivity (Wildman–Crippen MR) is 103 cm³/mol. The van der Waals surface area contributed by atoms with E-state index in [1.54, 1.807) is 45.5 Å². The summed E-state index contributed by atoms with van der Waals surface area (Å²) < 4.78 is 10.2. The second-order valence-electron chi connectivity index (χ2n) is 5.49. The van der Waals surface area contributed by atoms with E-state index in [0.717, 1.165) is 10.6 Å². The first-order valence-corrected chi connectivity index (χ1v) is 8.95. The highest BCUT2D eigenvalue weighted by molar-refractivity contribution is 8.00.